The van der Waals surface area contributed by atoms with Crippen molar-refractivity contribution < 1.29 is 28.7 Å². The van der Waals surface area contributed by atoms with Crippen molar-refractivity contribution in [1.29, 1.82) is 0 Å². The molecule has 190 valence electrons. The molecule has 0 bridgehead atoms. The van der Waals surface area contributed by atoms with Crippen LogP contribution in [-0.2, 0) is 23.9 Å². The Bertz CT molecular complexity index is 897. The van der Waals surface area contributed by atoms with E-state index >= 15 is 0 Å². The lowest BCUT2D eigenvalue weighted by Gasteiger charge is -2.37. The zero-order valence-corrected chi connectivity index (χ0v) is 22.1. The number of thiol groups is 1. The first-order valence-electron chi connectivity index (χ1n) is 11.1. The van der Waals surface area contributed by atoms with E-state index < -0.39 is 47.6 Å². The first-order chi connectivity index (χ1) is 15.7. The summed E-state index contributed by atoms with van der Waals surface area (Å²) >= 11 is 4.25. The summed E-state index contributed by atoms with van der Waals surface area (Å²) in [5.74, 6) is -1.68. The molecule has 1 aromatic carbocycles. The number of ether oxygens (including phenoxy) is 2. The van der Waals surface area contributed by atoms with E-state index in [0.717, 1.165) is 11.1 Å². The molecule has 10 heteroatoms. The number of nitrogens with zero attached hydrogens (tertiary/aromatic N) is 1. The van der Waals surface area contributed by atoms with Crippen LogP contribution in [0, 0.1) is 13.8 Å². The Morgan fingerprint density at radius 2 is 1.74 bits per heavy atom. The van der Waals surface area contributed by atoms with Gasteiger partial charge in [-0.3, -0.25) is 14.4 Å². The molecular weight excluding hydrogens is 458 g/mol. The fraction of sp³-hybridized carbons (Fsp3) is 0.583. The average Bonchev–Trinajstić information content (AvgIpc) is 2.72. The van der Waals surface area contributed by atoms with Gasteiger partial charge >= 0.3 is 12.1 Å². The number of amides is 3. The zero-order valence-electron chi connectivity index (χ0n) is 21.2. The Labute approximate surface area is 207 Å². The summed E-state index contributed by atoms with van der Waals surface area (Å²) in [5.41, 5.74) is 1.66. The van der Waals surface area contributed by atoms with E-state index in [-0.39, 0.29) is 12.3 Å². The normalized spacial score (nSPS) is 13.0. The standard InChI is InChI=1S/C24H37N3O6S/c1-14(2)27(22(30)18(13-34)26-23(31)33-24(5,6)7)20(21(29)25-12-19(28)32-8)17-10-9-15(3)11-16(17)4/h9-11,14,18,20,34H,12-13H2,1-8H3,(H,25,29)(H,26,31). The number of carbonyl (C=O) groups excluding carboxylic acids is 4. The predicted octanol–water partition coefficient (Wildman–Crippen LogP) is 2.69. The molecule has 2 unspecified atom stereocenters. The van der Waals surface area contributed by atoms with Crippen LogP contribution in [-0.4, -0.2) is 65.9 Å². The minimum absolute atomic E-state index is 0.00925. The van der Waals surface area contributed by atoms with E-state index in [9.17, 15) is 19.2 Å². The Balaban J connectivity index is 3.41. The molecule has 0 fully saturated rings. The van der Waals surface area contributed by atoms with Crippen LogP contribution in [0.25, 0.3) is 0 Å². The number of hydrogen-bond donors (Lipinski definition) is 3. The van der Waals surface area contributed by atoms with Crippen molar-refractivity contribution in [2.24, 2.45) is 0 Å². The number of nitrogens with one attached hydrogen (secondary N) is 2. The number of rotatable bonds is 9. The second-order valence-corrected chi connectivity index (χ2v) is 9.64. The summed E-state index contributed by atoms with van der Waals surface area (Å²) in [6.45, 7) is 12.1. The van der Waals surface area contributed by atoms with Crippen LogP contribution < -0.4 is 10.6 Å². The SMILES string of the molecule is COC(=O)CNC(=O)C(c1ccc(C)cc1C)N(C(=O)C(CS)NC(=O)OC(C)(C)C)C(C)C. The second-order valence-electron chi connectivity index (χ2n) is 9.28. The molecule has 0 aromatic heterocycles. The maximum Gasteiger partial charge on any atom is 0.408 e. The highest BCUT2D eigenvalue weighted by atomic mass is 32.1. The molecule has 9 nitrogen and oxygen atoms in total. The summed E-state index contributed by atoms with van der Waals surface area (Å²) < 4.78 is 9.89. The van der Waals surface area contributed by atoms with Crippen molar-refractivity contribution in [3.63, 3.8) is 0 Å². The van der Waals surface area contributed by atoms with Gasteiger partial charge in [-0.15, -0.1) is 0 Å². The van der Waals surface area contributed by atoms with Gasteiger partial charge in [0.1, 0.15) is 24.2 Å². The van der Waals surface area contributed by atoms with E-state index in [1.807, 2.05) is 26.0 Å². The van der Waals surface area contributed by atoms with E-state index in [2.05, 4.69) is 28.0 Å². The smallest absolute Gasteiger partial charge is 0.408 e. The van der Waals surface area contributed by atoms with Crippen LogP contribution in [0.1, 0.15) is 57.4 Å². The number of benzene rings is 1. The summed E-state index contributed by atoms with van der Waals surface area (Å²) in [7, 11) is 1.22. The third kappa shape index (κ3) is 8.55. The predicted molar refractivity (Wildman–Crippen MR) is 133 cm³/mol. The van der Waals surface area contributed by atoms with Crippen molar-refractivity contribution in [3.8, 4) is 0 Å². The summed E-state index contributed by atoms with van der Waals surface area (Å²) in [6, 6.07) is 3.02. The first kappa shape index (κ1) is 29.3. The number of carbonyl (C=O) groups is 4. The van der Waals surface area contributed by atoms with Crippen LogP contribution in [0.4, 0.5) is 4.79 Å². The van der Waals surface area contributed by atoms with E-state index in [4.69, 9.17) is 4.74 Å². The van der Waals surface area contributed by atoms with E-state index in [1.54, 1.807) is 40.7 Å². The lowest BCUT2D eigenvalue weighted by molar-refractivity contribution is -0.145. The molecule has 3 amide bonds. The van der Waals surface area contributed by atoms with E-state index in [1.165, 1.54) is 12.0 Å². The summed E-state index contributed by atoms with van der Waals surface area (Å²) in [5, 5.41) is 5.11. The molecule has 0 aliphatic rings. The zero-order chi connectivity index (χ0) is 26.2. The Kier molecular flexibility index (Phi) is 10.9. The quantitative estimate of drug-likeness (QED) is 0.359. The number of esters is 1. The van der Waals surface area contributed by atoms with Gasteiger partial charge in [-0.2, -0.15) is 12.6 Å². The van der Waals surface area contributed by atoms with Gasteiger partial charge in [-0.25, -0.2) is 4.79 Å². The Hall–Kier alpha value is -2.75. The number of methoxy groups -OCH3 is 1. The summed E-state index contributed by atoms with van der Waals surface area (Å²) in [6.07, 6.45) is -0.762. The second kappa shape index (κ2) is 12.6. The minimum Gasteiger partial charge on any atom is -0.468 e. The average molecular weight is 496 g/mol. The van der Waals surface area contributed by atoms with Crippen molar-refractivity contribution in [2.75, 3.05) is 19.4 Å². The topological polar surface area (TPSA) is 114 Å². The Morgan fingerprint density at radius 1 is 1.12 bits per heavy atom. The van der Waals surface area contributed by atoms with Gasteiger partial charge in [0.05, 0.1) is 7.11 Å². The molecule has 0 saturated carbocycles. The molecule has 0 aliphatic heterocycles. The first-order valence-corrected chi connectivity index (χ1v) is 11.7. The summed E-state index contributed by atoms with van der Waals surface area (Å²) in [4.78, 5) is 52.3. The van der Waals surface area contributed by atoms with Crippen molar-refractivity contribution in [1.82, 2.24) is 15.5 Å². The van der Waals surface area contributed by atoms with Gasteiger partial charge in [0.2, 0.25) is 11.8 Å². The molecule has 34 heavy (non-hydrogen) atoms. The van der Waals surface area contributed by atoms with Crippen molar-refractivity contribution in [2.45, 2.75) is 72.2 Å². The molecule has 0 radical (unpaired) electrons. The molecule has 1 aromatic rings. The molecule has 0 aliphatic carbocycles. The van der Waals surface area contributed by atoms with Crippen LogP contribution in [0.3, 0.4) is 0 Å². The monoisotopic (exact) mass is 495 g/mol. The van der Waals surface area contributed by atoms with Gasteiger partial charge in [-0.1, -0.05) is 23.8 Å². The molecule has 2 N–H and O–H groups in total. The lowest BCUT2D eigenvalue weighted by Crippen LogP contribution is -2.56. The molecule has 2 atom stereocenters. The molecule has 0 heterocycles. The fourth-order valence-corrected chi connectivity index (χ4v) is 3.62. The lowest BCUT2D eigenvalue weighted by atomic mass is 9.95. The van der Waals surface area contributed by atoms with Crippen LogP contribution in [0.2, 0.25) is 0 Å². The number of alkyl carbamates (subject to hydrolysis) is 1. The van der Waals surface area contributed by atoms with Crippen LogP contribution >= 0.6 is 12.6 Å². The number of aryl methyl sites for hydroxylation is 2. The van der Waals surface area contributed by atoms with Gasteiger partial charge in [-0.05, 0) is 59.6 Å². The third-order valence-corrected chi connectivity index (χ3v) is 5.23. The molecule has 1 rings (SSSR count). The maximum atomic E-state index is 13.6. The van der Waals surface area contributed by atoms with Crippen molar-refractivity contribution >= 4 is 36.5 Å². The number of hydrogen-bond acceptors (Lipinski definition) is 7. The molecule has 0 spiro atoms. The van der Waals surface area contributed by atoms with E-state index in [0.29, 0.717) is 5.56 Å². The van der Waals surface area contributed by atoms with Crippen molar-refractivity contribution in [3.05, 3.63) is 34.9 Å². The molecular formula is C24H37N3O6S. The highest BCUT2D eigenvalue weighted by Gasteiger charge is 2.38. The van der Waals surface area contributed by atoms with Gasteiger partial charge in [0, 0.05) is 11.8 Å². The molecule has 0 saturated heterocycles. The van der Waals surface area contributed by atoms with Gasteiger partial charge < -0.3 is 25.0 Å². The minimum atomic E-state index is -1.06. The fourth-order valence-electron chi connectivity index (χ4n) is 3.37. The van der Waals surface area contributed by atoms with Gasteiger partial charge in [0.15, 0.2) is 0 Å². The largest absolute Gasteiger partial charge is 0.468 e. The third-order valence-electron chi connectivity index (χ3n) is 4.86. The van der Waals surface area contributed by atoms with Gasteiger partial charge in [0.25, 0.3) is 0 Å². The Morgan fingerprint density at radius 3 is 2.21 bits per heavy atom. The van der Waals surface area contributed by atoms with Crippen LogP contribution in [0.15, 0.2) is 18.2 Å². The van der Waals surface area contributed by atoms with Crippen LogP contribution in [0.5, 0.6) is 0 Å². The highest BCUT2D eigenvalue weighted by molar-refractivity contribution is 7.80. The highest BCUT2D eigenvalue weighted by Crippen LogP contribution is 2.28. The maximum absolute atomic E-state index is 13.6.